The Morgan fingerprint density at radius 3 is 2.53 bits per heavy atom. The van der Waals surface area contributed by atoms with Crippen LogP contribution in [0.3, 0.4) is 0 Å². The van der Waals surface area contributed by atoms with Crippen molar-refractivity contribution in [2.75, 3.05) is 6.54 Å². The minimum Gasteiger partial charge on any atom is -0.479 e. The van der Waals surface area contributed by atoms with Gasteiger partial charge in [-0.2, -0.15) is 0 Å². The summed E-state index contributed by atoms with van der Waals surface area (Å²) in [5.74, 6) is -1.06. The Hall–Kier alpha value is -1.14. The third-order valence-electron chi connectivity index (χ3n) is 4.07. The Kier molecular flexibility index (Phi) is 4.42. The van der Waals surface area contributed by atoms with Crippen LogP contribution in [0.15, 0.2) is 0 Å². The Labute approximate surface area is 112 Å². The zero-order valence-corrected chi connectivity index (χ0v) is 11.1. The fraction of sp³-hybridized carbons (Fsp3) is 0.846. The van der Waals surface area contributed by atoms with Gasteiger partial charge in [0.1, 0.15) is 0 Å². The van der Waals surface area contributed by atoms with Crippen LogP contribution in [0.5, 0.6) is 0 Å². The normalized spacial score (nSPS) is 29.9. The van der Waals surface area contributed by atoms with Gasteiger partial charge in [0.15, 0.2) is 6.10 Å². The number of carboxylic acids is 1. The molecule has 19 heavy (non-hydrogen) atoms. The van der Waals surface area contributed by atoms with E-state index in [4.69, 9.17) is 15.6 Å². The molecule has 0 aromatic rings. The highest BCUT2D eigenvalue weighted by Crippen LogP contribution is 2.26. The molecule has 0 aromatic heterocycles. The summed E-state index contributed by atoms with van der Waals surface area (Å²) < 4.78 is 5.34. The number of nitrogens with two attached hydrogens (primary N) is 1. The van der Waals surface area contributed by atoms with E-state index in [0.717, 1.165) is 32.1 Å². The summed E-state index contributed by atoms with van der Waals surface area (Å²) in [6.07, 6.45) is 4.79. The zero-order chi connectivity index (χ0) is 13.9. The van der Waals surface area contributed by atoms with Crippen LogP contribution in [-0.2, 0) is 14.3 Å². The molecule has 0 bridgehead atoms. The highest BCUT2D eigenvalue weighted by atomic mass is 16.5. The number of ether oxygens (including phenoxy) is 1. The molecule has 1 amide bonds. The Bertz CT molecular complexity index is 353. The fourth-order valence-electron chi connectivity index (χ4n) is 2.83. The lowest BCUT2D eigenvalue weighted by Crippen LogP contribution is -2.56. The minimum absolute atomic E-state index is 0.130. The molecule has 2 unspecified atom stereocenters. The Balaban J connectivity index is 1.76. The van der Waals surface area contributed by atoms with E-state index in [1.165, 1.54) is 0 Å². The Morgan fingerprint density at radius 2 is 1.95 bits per heavy atom. The number of nitrogens with one attached hydrogen (secondary N) is 1. The van der Waals surface area contributed by atoms with E-state index in [2.05, 4.69) is 5.32 Å². The number of hydrogen-bond acceptors (Lipinski definition) is 4. The quantitative estimate of drug-likeness (QED) is 0.686. The van der Waals surface area contributed by atoms with E-state index in [0.29, 0.717) is 19.4 Å². The lowest BCUT2D eigenvalue weighted by molar-refractivity contribution is -0.149. The van der Waals surface area contributed by atoms with Gasteiger partial charge in [-0.3, -0.25) is 4.79 Å². The van der Waals surface area contributed by atoms with Crippen LogP contribution in [0.25, 0.3) is 0 Å². The molecule has 1 heterocycles. The molecule has 2 aliphatic rings. The van der Waals surface area contributed by atoms with E-state index in [9.17, 15) is 9.59 Å². The van der Waals surface area contributed by atoms with Crippen molar-refractivity contribution in [2.24, 2.45) is 5.73 Å². The summed E-state index contributed by atoms with van der Waals surface area (Å²) in [6.45, 7) is 0.349. The highest BCUT2D eigenvalue weighted by Gasteiger charge is 2.36. The molecule has 0 spiro atoms. The molecule has 2 rings (SSSR count). The van der Waals surface area contributed by atoms with Crippen molar-refractivity contribution in [3.05, 3.63) is 0 Å². The van der Waals surface area contributed by atoms with Crippen molar-refractivity contribution in [1.82, 2.24) is 5.32 Å². The lowest BCUT2D eigenvalue weighted by atomic mass is 9.82. The number of hydrogen-bond donors (Lipinski definition) is 3. The molecule has 1 saturated carbocycles. The first-order chi connectivity index (χ1) is 9.01. The maximum absolute atomic E-state index is 12.1. The van der Waals surface area contributed by atoms with Crippen LogP contribution in [0.1, 0.15) is 44.9 Å². The van der Waals surface area contributed by atoms with Gasteiger partial charge in [-0.15, -0.1) is 0 Å². The first-order valence-corrected chi connectivity index (χ1v) is 6.97. The first-order valence-electron chi connectivity index (χ1n) is 6.97. The number of carbonyl (C=O) groups excluding carboxylic acids is 1. The zero-order valence-electron chi connectivity index (χ0n) is 11.1. The van der Waals surface area contributed by atoms with Crippen molar-refractivity contribution in [3.63, 3.8) is 0 Å². The summed E-state index contributed by atoms with van der Waals surface area (Å²) >= 11 is 0. The molecule has 6 heteroatoms. The van der Waals surface area contributed by atoms with Gasteiger partial charge in [0.25, 0.3) is 0 Å². The van der Waals surface area contributed by atoms with Gasteiger partial charge in [0.2, 0.25) is 5.91 Å². The summed E-state index contributed by atoms with van der Waals surface area (Å²) in [6, 6.07) is 0. The second-order valence-electron chi connectivity index (χ2n) is 5.59. The van der Waals surface area contributed by atoms with Crippen molar-refractivity contribution in [1.29, 1.82) is 0 Å². The predicted molar refractivity (Wildman–Crippen MR) is 68.5 cm³/mol. The van der Waals surface area contributed by atoms with Gasteiger partial charge >= 0.3 is 5.97 Å². The molecular weight excluding hydrogens is 248 g/mol. The number of carboxylic acid groups (broad SMARTS) is 1. The number of amides is 1. The maximum Gasteiger partial charge on any atom is 0.332 e. The molecule has 2 atom stereocenters. The SMILES string of the molecule is NC1(C(=O)NCC2CCC(C(=O)O)O2)CCCCC1. The second kappa shape index (κ2) is 5.88. The van der Waals surface area contributed by atoms with Gasteiger partial charge in [0, 0.05) is 6.54 Å². The number of carbonyl (C=O) groups is 2. The minimum atomic E-state index is -0.934. The topological polar surface area (TPSA) is 102 Å². The predicted octanol–water partition coefficient (Wildman–Crippen LogP) is 0.396. The summed E-state index contributed by atoms with van der Waals surface area (Å²) in [4.78, 5) is 22.8. The molecule has 108 valence electrons. The molecule has 0 radical (unpaired) electrons. The molecule has 1 saturated heterocycles. The second-order valence-corrected chi connectivity index (χ2v) is 5.59. The van der Waals surface area contributed by atoms with Crippen LogP contribution in [0, 0.1) is 0 Å². The molecular formula is C13H22N2O4. The van der Waals surface area contributed by atoms with Crippen molar-refractivity contribution in [2.45, 2.75) is 62.7 Å². The summed E-state index contributed by atoms with van der Waals surface area (Å²) in [7, 11) is 0. The molecule has 1 aliphatic carbocycles. The van der Waals surface area contributed by atoms with Gasteiger partial charge in [-0.25, -0.2) is 4.79 Å². The fourth-order valence-corrected chi connectivity index (χ4v) is 2.83. The van der Waals surface area contributed by atoms with Crippen LogP contribution in [-0.4, -0.2) is 41.3 Å². The largest absolute Gasteiger partial charge is 0.479 e. The monoisotopic (exact) mass is 270 g/mol. The molecule has 4 N–H and O–H groups in total. The van der Waals surface area contributed by atoms with Crippen LogP contribution in [0.4, 0.5) is 0 Å². The first kappa shape index (κ1) is 14.3. The summed E-state index contributed by atoms with van der Waals surface area (Å²) in [5.41, 5.74) is 5.37. The van der Waals surface area contributed by atoms with Crippen LogP contribution in [0.2, 0.25) is 0 Å². The van der Waals surface area contributed by atoms with E-state index in [-0.39, 0.29) is 12.0 Å². The standard InChI is InChI=1S/C13H22N2O4/c14-13(6-2-1-3-7-13)12(18)15-8-9-4-5-10(19-9)11(16)17/h9-10H,1-8,14H2,(H,15,18)(H,16,17). The average Bonchev–Trinajstić information content (AvgIpc) is 2.85. The Morgan fingerprint density at radius 1 is 1.26 bits per heavy atom. The van der Waals surface area contributed by atoms with Crippen molar-refractivity contribution >= 4 is 11.9 Å². The maximum atomic E-state index is 12.1. The third-order valence-corrected chi connectivity index (χ3v) is 4.07. The number of rotatable bonds is 4. The van der Waals surface area contributed by atoms with Gasteiger partial charge in [-0.1, -0.05) is 19.3 Å². The van der Waals surface area contributed by atoms with Gasteiger partial charge < -0.3 is 20.9 Å². The smallest absolute Gasteiger partial charge is 0.332 e. The average molecular weight is 270 g/mol. The molecule has 0 aromatic carbocycles. The van der Waals surface area contributed by atoms with E-state index in [1.807, 2.05) is 0 Å². The molecule has 2 fully saturated rings. The summed E-state index contributed by atoms with van der Waals surface area (Å²) in [5, 5.41) is 11.6. The van der Waals surface area contributed by atoms with E-state index in [1.54, 1.807) is 0 Å². The third kappa shape index (κ3) is 3.45. The number of aliphatic carboxylic acids is 1. The highest BCUT2D eigenvalue weighted by molar-refractivity contribution is 5.86. The van der Waals surface area contributed by atoms with E-state index < -0.39 is 17.6 Å². The van der Waals surface area contributed by atoms with Crippen molar-refractivity contribution < 1.29 is 19.4 Å². The van der Waals surface area contributed by atoms with Crippen molar-refractivity contribution in [3.8, 4) is 0 Å². The van der Waals surface area contributed by atoms with Gasteiger partial charge in [-0.05, 0) is 25.7 Å². The van der Waals surface area contributed by atoms with E-state index >= 15 is 0 Å². The molecule has 1 aliphatic heterocycles. The molecule has 6 nitrogen and oxygen atoms in total. The van der Waals surface area contributed by atoms with Crippen LogP contribution < -0.4 is 11.1 Å². The van der Waals surface area contributed by atoms with Crippen LogP contribution >= 0.6 is 0 Å². The van der Waals surface area contributed by atoms with Gasteiger partial charge in [0.05, 0.1) is 11.6 Å². The lowest BCUT2D eigenvalue weighted by Gasteiger charge is -2.32.